The van der Waals surface area contributed by atoms with Crippen molar-refractivity contribution < 1.29 is 9.72 Å². The number of carbonyl (C=O) groups is 1. The van der Waals surface area contributed by atoms with Crippen LogP contribution in [0.15, 0.2) is 12.3 Å². The third-order valence-electron chi connectivity index (χ3n) is 2.03. The SMILES string of the molecule is CCNC(=S)NNC(=O)CCn1ccc([N+](=O)[O-])n1. The molecule has 0 fully saturated rings. The Hall–Kier alpha value is -2.23. The van der Waals surface area contributed by atoms with Crippen molar-refractivity contribution in [2.75, 3.05) is 6.54 Å². The van der Waals surface area contributed by atoms with Gasteiger partial charge in [0.15, 0.2) is 5.11 Å². The van der Waals surface area contributed by atoms with Gasteiger partial charge >= 0.3 is 5.82 Å². The van der Waals surface area contributed by atoms with E-state index in [0.29, 0.717) is 11.7 Å². The van der Waals surface area contributed by atoms with E-state index in [-0.39, 0.29) is 24.7 Å². The molecular formula is C9H14N6O3S. The zero-order valence-electron chi connectivity index (χ0n) is 10.3. The molecule has 0 unspecified atom stereocenters. The van der Waals surface area contributed by atoms with Crippen molar-refractivity contribution in [2.45, 2.75) is 19.9 Å². The highest BCUT2D eigenvalue weighted by molar-refractivity contribution is 7.80. The summed E-state index contributed by atoms with van der Waals surface area (Å²) in [6.07, 6.45) is 1.57. The monoisotopic (exact) mass is 286 g/mol. The number of hydrazine groups is 1. The zero-order chi connectivity index (χ0) is 14.3. The van der Waals surface area contributed by atoms with Gasteiger partial charge in [-0.2, -0.15) is 4.68 Å². The molecule has 1 amide bonds. The maximum atomic E-state index is 11.4. The summed E-state index contributed by atoms with van der Waals surface area (Å²) in [5.74, 6) is -0.537. The van der Waals surface area contributed by atoms with Crippen LogP contribution >= 0.6 is 12.2 Å². The molecule has 1 heterocycles. The summed E-state index contributed by atoms with van der Waals surface area (Å²) < 4.78 is 1.33. The molecule has 0 radical (unpaired) electrons. The lowest BCUT2D eigenvalue weighted by molar-refractivity contribution is -0.389. The van der Waals surface area contributed by atoms with Crippen molar-refractivity contribution in [2.24, 2.45) is 0 Å². The molecular weight excluding hydrogens is 272 g/mol. The minimum atomic E-state index is -0.590. The highest BCUT2D eigenvalue weighted by Gasteiger charge is 2.11. The van der Waals surface area contributed by atoms with Gasteiger partial charge in [-0.1, -0.05) is 0 Å². The number of hydrogen-bond acceptors (Lipinski definition) is 5. The minimum absolute atomic E-state index is 0.126. The van der Waals surface area contributed by atoms with Gasteiger partial charge in [0, 0.05) is 13.0 Å². The Labute approximate surface area is 114 Å². The van der Waals surface area contributed by atoms with E-state index in [1.165, 1.54) is 16.9 Å². The van der Waals surface area contributed by atoms with Crippen LogP contribution in [0.3, 0.4) is 0 Å². The second-order valence-electron chi connectivity index (χ2n) is 3.48. The summed E-state index contributed by atoms with van der Waals surface area (Å²) in [5.41, 5.74) is 4.93. The zero-order valence-corrected chi connectivity index (χ0v) is 11.1. The Morgan fingerprint density at radius 2 is 2.32 bits per heavy atom. The molecule has 0 aliphatic carbocycles. The van der Waals surface area contributed by atoms with Crippen LogP contribution in [0.1, 0.15) is 13.3 Å². The summed E-state index contributed by atoms with van der Waals surface area (Å²) in [5, 5.41) is 17.2. The lowest BCUT2D eigenvalue weighted by Gasteiger charge is -2.09. The van der Waals surface area contributed by atoms with Crippen molar-refractivity contribution in [1.29, 1.82) is 0 Å². The fourth-order valence-corrected chi connectivity index (χ4v) is 1.38. The second kappa shape index (κ2) is 7.26. The van der Waals surface area contributed by atoms with E-state index in [0.717, 1.165) is 0 Å². The number of carbonyl (C=O) groups excluding carboxylic acids is 1. The Bertz CT molecular complexity index is 474. The number of aryl methyl sites for hydroxylation is 1. The lowest BCUT2D eigenvalue weighted by Crippen LogP contribution is -2.46. The quantitative estimate of drug-likeness (QED) is 0.386. The van der Waals surface area contributed by atoms with Gasteiger partial charge in [-0.15, -0.1) is 0 Å². The van der Waals surface area contributed by atoms with Crippen molar-refractivity contribution in [3.63, 3.8) is 0 Å². The van der Waals surface area contributed by atoms with E-state index < -0.39 is 4.92 Å². The molecule has 1 rings (SSSR count). The van der Waals surface area contributed by atoms with E-state index >= 15 is 0 Å². The van der Waals surface area contributed by atoms with Crippen LogP contribution in [0.4, 0.5) is 5.82 Å². The standard InChI is InChI=1S/C9H14N6O3S/c1-2-10-9(19)12-11-8(16)4-6-14-5-3-7(13-14)15(17)18/h3,5H,2,4,6H2,1H3,(H,11,16)(H2,10,12,19). The molecule has 9 nitrogen and oxygen atoms in total. The van der Waals surface area contributed by atoms with E-state index in [1.54, 1.807) is 0 Å². The van der Waals surface area contributed by atoms with Crippen molar-refractivity contribution in [3.8, 4) is 0 Å². The molecule has 19 heavy (non-hydrogen) atoms. The topological polar surface area (TPSA) is 114 Å². The molecule has 0 bridgehead atoms. The largest absolute Gasteiger partial charge is 0.389 e. The van der Waals surface area contributed by atoms with Crippen molar-refractivity contribution >= 4 is 29.1 Å². The number of rotatable bonds is 5. The van der Waals surface area contributed by atoms with Crippen LogP contribution in [-0.4, -0.2) is 32.3 Å². The summed E-state index contributed by atoms with van der Waals surface area (Å²) in [7, 11) is 0. The van der Waals surface area contributed by atoms with Gasteiger partial charge in [-0.3, -0.25) is 15.6 Å². The number of nitrogens with one attached hydrogen (secondary N) is 3. The molecule has 10 heteroatoms. The molecule has 0 atom stereocenters. The first-order valence-electron chi connectivity index (χ1n) is 5.53. The van der Waals surface area contributed by atoms with Gasteiger partial charge in [0.05, 0.1) is 23.9 Å². The fourth-order valence-electron chi connectivity index (χ4n) is 1.18. The predicted octanol–water partition coefficient (Wildman–Crippen LogP) is -0.303. The molecule has 0 aliphatic heterocycles. The van der Waals surface area contributed by atoms with Gasteiger partial charge in [-0.05, 0) is 24.1 Å². The van der Waals surface area contributed by atoms with E-state index in [4.69, 9.17) is 12.2 Å². The third kappa shape index (κ3) is 5.29. The number of hydrogen-bond donors (Lipinski definition) is 3. The average molecular weight is 286 g/mol. The van der Waals surface area contributed by atoms with Gasteiger partial charge < -0.3 is 15.4 Å². The maximum absolute atomic E-state index is 11.4. The molecule has 0 saturated heterocycles. The molecule has 0 saturated carbocycles. The highest BCUT2D eigenvalue weighted by atomic mass is 32.1. The van der Waals surface area contributed by atoms with Gasteiger partial charge in [0.2, 0.25) is 5.91 Å². The Morgan fingerprint density at radius 1 is 1.58 bits per heavy atom. The summed E-state index contributed by atoms with van der Waals surface area (Å²) in [6, 6.07) is 1.27. The molecule has 104 valence electrons. The number of nitro groups is 1. The Morgan fingerprint density at radius 3 is 2.89 bits per heavy atom. The summed E-state index contributed by atoms with van der Waals surface area (Å²) in [4.78, 5) is 21.2. The third-order valence-corrected chi connectivity index (χ3v) is 2.28. The number of thiocarbonyl (C=S) groups is 1. The molecule has 1 aromatic rings. The Kier molecular flexibility index (Phi) is 5.67. The molecule has 3 N–H and O–H groups in total. The van der Waals surface area contributed by atoms with E-state index in [9.17, 15) is 14.9 Å². The van der Waals surface area contributed by atoms with Crippen LogP contribution < -0.4 is 16.2 Å². The van der Waals surface area contributed by atoms with Crippen LogP contribution in [-0.2, 0) is 11.3 Å². The van der Waals surface area contributed by atoms with Crippen LogP contribution in [0.25, 0.3) is 0 Å². The number of aromatic nitrogens is 2. The molecule has 0 aliphatic rings. The minimum Gasteiger partial charge on any atom is -0.362 e. The van der Waals surface area contributed by atoms with E-state index in [2.05, 4.69) is 21.3 Å². The predicted molar refractivity (Wildman–Crippen MR) is 71.1 cm³/mol. The number of amides is 1. The second-order valence-corrected chi connectivity index (χ2v) is 3.88. The molecule has 0 spiro atoms. The van der Waals surface area contributed by atoms with Crippen LogP contribution in [0.5, 0.6) is 0 Å². The summed E-state index contributed by atoms with van der Waals surface area (Å²) >= 11 is 4.85. The van der Waals surface area contributed by atoms with Crippen molar-refractivity contribution in [1.82, 2.24) is 25.9 Å². The fraction of sp³-hybridized carbons (Fsp3) is 0.444. The van der Waals surface area contributed by atoms with Gasteiger partial charge in [0.1, 0.15) is 0 Å². The first kappa shape index (κ1) is 14.8. The van der Waals surface area contributed by atoms with Gasteiger partial charge in [-0.25, -0.2) is 0 Å². The van der Waals surface area contributed by atoms with E-state index in [1.807, 2.05) is 6.92 Å². The lowest BCUT2D eigenvalue weighted by atomic mass is 10.4. The first-order chi connectivity index (χ1) is 9.02. The highest BCUT2D eigenvalue weighted by Crippen LogP contribution is 2.05. The molecule has 1 aromatic heterocycles. The van der Waals surface area contributed by atoms with Crippen molar-refractivity contribution in [3.05, 3.63) is 22.4 Å². The average Bonchev–Trinajstić information content (AvgIpc) is 2.83. The number of nitrogens with zero attached hydrogens (tertiary/aromatic N) is 3. The summed E-state index contributed by atoms with van der Waals surface area (Å²) in [6.45, 7) is 2.77. The Balaban J connectivity index is 2.29. The molecule has 0 aromatic carbocycles. The van der Waals surface area contributed by atoms with Crippen LogP contribution in [0, 0.1) is 10.1 Å². The van der Waals surface area contributed by atoms with Gasteiger partial charge in [0.25, 0.3) is 0 Å². The smallest absolute Gasteiger partial charge is 0.362 e. The van der Waals surface area contributed by atoms with Crippen LogP contribution in [0.2, 0.25) is 0 Å². The first-order valence-corrected chi connectivity index (χ1v) is 5.94. The maximum Gasteiger partial charge on any atom is 0.389 e. The normalized spacial score (nSPS) is 9.74.